The van der Waals surface area contributed by atoms with Crippen molar-refractivity contribution in [3.05, 3.63) is 85.1 Å². The molecule has 0 amide bonds. The topological polar surface area (TPSA) is 134 Å². The van der Waals surface area contributed by atoms with Crippen molar-refractivity contribution in [1.82, 2.24) is 0 Å². The number of rotatable bonds is 64. The normalized spacial score (nSPS) is 13.5. The first-order chi connectivity index (χ1) is 39.8. The summed E-state index contributed by atoms with van der Waals surface area (Å²) in [5, 5.41) is 0. The molecule has 10 heteroatoms. The van der Waals surface area contributed by atoms with E-state index in [1.807, 2.05) is 0 Å². The van der Waals surface area contributed by atoms with Crippen LogP contribution in [0.25, 0.3) is 0 Å². The zero-order valence-corrected chi connectivity index (χ0v) is 53.7. The standard InChI is InChI=1S/C71H128NO8P/c1-3-5-7-9-11-13-15-17-19-21-23-25-27-29-31-33-34-36-37-39-41-43-45-47-49-51-53-55-57-59-61-63-70(73)77-67-69(68-79-81(75,76)78-66-65-72)80-71(74)64-62-60-58-56-54-52-50-48-46-44-42-40-38-35-32-30-28-26-24-22-20-18-16-14-12-10-8-6-4-2/h6,8,12,14,18,20-21,23-24,26,30,32,38,40,69H,3-5,7,9-11,13,15-17,19,22,25,27-29,31,33-37,39,41-68,72H2,1-2H3,(H,75,76)/b8-6-,14-12-,20-18-,23-21-,26-24-,32-30-,40-38-. The fraction of sp³-hybridized carbons (Fsp3) is 0.775. The van der Waals surface area contributed by atoms with Crippen LogP contribution in [0.4, 0.5) is 0 Å². The first kappa shape index (κ1) is 78.2. The maximum atomic E-state index is 12.8. The Balaban J connectivity index is 3.89. The van der Waals surface area contributed by atoms with E-state index in [1.165, 1.54) is 205 Å². The van der Waals surface area contributed by atoms with Crippen LogP contribution in [0.3, 0.4) is 0 Å². The van der Waals surface area contributed by atoms with Crippen molar-refractivity contribution in [2.75, 3.05) is 26.4 Å². The second-order valence-electron chi connectivity index (χ2n) is 22.7. The van der Waals surface area contributed by atoms with E-state index < -0.39 is 26.5 Å². The number of unbranched alkanes of at least 4 members (excludes halogenated alkanes) is 37. The molecule has 0 saturated heterocycles. The molecule has 470 valence electrons. The Bertz CT molecular complexity index is 1600. The van der Waals surface area contributed by atoms with Crippen LogP contribution in [-0.4, -0.2) is 49.3 Å². The second kappa shape index (κ2) is 66.3. The summed E-state index contributed by atoms with van der Waals surface area (Å²) in [5.74, 6) is -0.823. The van der Waals surface area contributed by atoms with E-state index in [0.29, 0.717) is 6.42 Å². The first-order valence-electron chi connectivity index (χ1n) is 34.1. The van der Waals surface area contributed by atoms with Crippen LogP contribution in [0.2, 0.25) is 0 Å². The van der Waals surface area contributed by atoms with Crippen molar-refractivity contribution in [2.45, 2.75) is 328 Å². The van der Waals surface area contributed by atoms with Gasteiger partial charge in [-0.05, 0) is 89.9 Å². The van der Waals surface area contributed by atoms with E-state index in [0.717, 1.165) is 83.5 Å². The third-order valence-corrected chi connectivity index (χ3v) is 15.7. The lowest BCUT2D eigenvalue weighted by atomic mass is 10.0. The van der Waals surface area contributed by atoms with Crippen LogP contribution in [0.1, 0.15) is 322 Å². The van der Waals surface area contributed by atoms with Gasteiger partial charge in [-0.3, -0.25) is 18.6 Å². The van der Waals surface area contributed by atoms with Crippen molar-refractivity contribution in [3.8, 4) is 0 Å². The number of nitrogens with two attached hydrogens (primary N) is 1. The summed E-state index contributed by atoms with van der Waals surface area (Å²) in [6.45, 7) is 3.66. The van der Waals surface area contributed by atoms with E-state index in [9.17, 15) is 19.0 Å². The Hall–Kier alpha value is -2.81. The summed E-state index contributed by atoms with van der Waals surface area (Å²) in [7, 11) is -4.40. The molecular formula is C71H128NO8P. The highest BCUT2D eigenvalue weighted by molar-refractivity contribution is 7.47. The Morgan fingerprint density at radius 1 is 0.383 bits per heavy atom. The summed E-state index contributed by atoms with van der Waals surface area (Å²) >= 11 is 0. The number of esters is 2. The van der Waals surface area contributed by atoms with Gasteiger partial charge in [-0.25, -0.2) is 4.57 Å². The van der Waals surface area contributed by atoms with Gasteiger partial charge in [-0.2, -0.15) is 0 Å². The summed E-state index contributed by atoms with van der Waals surface area (Å²) in [5.41, 5.74) is 5.40. The summed E-state index contributed by atoms with van der Waals surface area (Å²) in [4.78, 5) is 35.3. The molecule has 0 aliphatic rings. The van der Waals surface area contributed by atoms with Crippen molar-refractivity contribution in [3.63, 3.8) is 0 Å². The van der Waals surface area contributed by atoms with Gasteiger partial charge >= 0.3 is 19.8 Å². The van der Waals surface area contributed by atoms with E-state index in [-0.39, 0.29) is 38.6 Å². The van der Waals surface area contributed by atoms with Gasteiger partial charge in [-0.1, -0.05) is 304 Å². The van der Waals surface area contributed by atoms with Gasteiger partial charge in [0.05, 0.1) is 13.2 Å². The number of ether oxygens (including phenoxy) is 2. The molecule has 2 atom stereocenters. The number of carbonyl (C=O) groups is 2. The quantitative estimate of drug-likeness (QED) is 0.0264. The second-order valence-corrected chi connectivity index (χ2v) is 24.1. The SMILES string of the molecule is CC/C=C\C/C=C\C/C=C\C/C=C\C/C=C\C/C=C\CCCCCCCCCCCCC(=O)OC(COC(=O)CCCCCCCCCCCCCCCCCCCCC/C=C\CCCCCCCCCC)COP(=O)(O)OCCN. The molecule has 0 rings (SSSR count). The van der Waals surface area contributed by atoms with Gasteiger partial charge in [0.15, 0.2) is 6.10 Å². The van der Waals surface area contributed by atoms with Gasteiger partial charge < -0.3 is 20.1 Å². The summed E-state index contributed by atoms with van der Waals surface area (Å²) in [6.07, 6.45) is 88.1. The van der Waals surface area contributed by atoms with Crippen LogP contribution >= 0.6 is 7.82 Å². The molecule has 0 aromatic rings. The highest BCUT2D eigenvalue weighted by Crippen LogP contribution is 2.43. The number of carbonyl (C=O) groups excluding carboxylic acids is 2. The lowest BCUT2D eigenvalue weighted by Gasteiger charge is -2.19. The molecular weight excluding hydrogens is 1030 g/mol. The van der Waals surface area contributed by atoms with Crippen molar-refractivity contribution in [1.29, 1.82) is 0 Å². The molecule has 3 N–H and O–H groups in total. The number of hydrogen-bond donors (Lipinski definition) is 2. The predicted molar refractivity (Wildman–Crippen MR) is 349 cm³/mol. The highest BCUT2D eigenvalue weighted by Gasteiger charge is 2.26. The van der Waals surface area contributed by atoms with Crippen LogP contribution < -0.4 is 5.73 Å². The summed E-state index contributed by atoms with van der Waals surface area (Å²) < 4.78 is 33.2. The van der Waals surface area contributed by atoms with Gasteiger partial charge in [0.25, 0.3) is 0 Å². The van der Waals surface area contributed by atoms with Crippen LogP contribution in [0, 0.1) is 0 Å². The molecule has 0 saturated carbocycles. The van der Waals surface area contributed by atoms with Crippen molar-refractivity contribution in [2.24, 2.45) is 5.73 Å². The Kier molecular flexibility index (Phi) is 64.0. The number of phosphoric acid groups is 1. The number of phosphoric ester groups is 1. The molecule has 0 bridgehead atoms. The largest absolute Gasteiger partial charge is 0.472 e. The lowest BCUT2D eigenvalue weighted by molar-refractivity contribution is -0.161. The average Bonchev–Trinajstić information content (AvgIpc) is 3.46. The Morgan fingerprint density at radius 3 is 1.02 bits per heavy atom. The molecule has 81 heavy (non-hydrogen) atoms. The maximum Gasteiger partial charge on any atom is 0.472 e. The molecule has 0 heterocycles. The molecule has 9 nitrogen and oxygen atoms in total. The van der Waals surface area contributed by atoms with Gasteiger partial charge in [0.1, 0.15) is 6.61 Å². The number of allylic oxidation sites excluding steroid dienone is 14. The van der Waals surface area contributed by atoms with Gasteiger partial charge in [0.2, 0.25) is 0 Å². The van der Waals surface area contributed by atoms with Gasteiger partial charge in [-0.15, -0.1) is 0 Å². The van der Waals surface area contributed by atoms with E-state index in [1.54, 1.807) is 0 Å². The zero-order chi connectivity index (χ0) is 58.7. The van der Waals surface area contributed by atoms with Crippen molar-refractivity contribution < 1.29 is 37.6 Å². The maximum absolute atomic E-state index is 12.8. The highest BCUT2D eigenvalue weighted by atomic mass is 31.2. The predicted octanol–water partition coefficient (Wildman–Crippen LogP) is 22.2. The third kappa shape index (κ3) is 66.2. The fourth-order valence-electron chi connectivity index (χ4n) is 9.76. The zero-order valence-electron chi connectivity index (χ0n) is 52.8. The monoisotopic (exact) mass is 1150 g/mol. The van der Waals surface area contributed by atoms with Gasteiger partial charge in [0, 0.05) is 19.4 Å². The average molecular weight is 1150 g/mol. The van der Waals surface area contributed by atoms with E-state index in [2.05, 4.69) is 98.9 Å². The van der Waals surface area contributed by atoms with Crippen molar-refractivity contribution >= 4 is 19.8 Å². The first-order valence-corrected chi connectivity index (χ1v) is 35.6. The van der Waals surface area contributed by atoms with E-state index >= 15 is 0 Å². The Labute approximate surface area is 500 Å². The lowest BCUT2D eigenvalue weighted by Crippen LogP contribution is -2.29. The van der Waals surface area contributed by atoms with Crippen LogP contribution in [0.5, 0.6) is 0 Å². The third-order valence-electron chi connectivity index (χ3n) is 14.8. The molecule has 0 spiro atoms. The smallest absolute Gasteiger partial charge is 0.462 e. The van der Waals surface area contributed by atoms with Crippen LogP contribution in [0.15, 0.2) is 85.1 Å². The molecule has 0 fully saturated rings. The fourth-order valence-corrected chi connectivity index (χ4v) is 10.5. The minimum absolute atomic E-state index is 0.0506. The van der Waals surface area contributed by atoms with Crippen LogP contribution in [-0.2, 0) is 32.7 Å². The molecule has 2 unspecified atom stereocenters. The Morgan fingerprint density at radius 2 is 0.679 bits per heavy atom. The molecule has 0 aromatic carbocycles. The molecule has 0 aromatic heterocycles. The molecule has 0 radical (unpaired) electrons. The minimum atomic E-state index is -4.40. The summed E-state index contributed by atoms with van der Waals surface area (Å²) in [6, 6.07) is 0. The molecule has 0 aliphatic carbocycles. The molecule has 0 aliphatic heterocycles. The van der Waals surface area contributed by atoms with E-state index in [4.69, 9.17) is 24.3 Å². The minimum Gasteiger partial charge on any atom is -0.462 e. The number of hydrogen-bond acceptors (Lipinski definition) is 8.